The number of hydrogen-bond acceptors (Lipinski definition) is 1. The number of hydrogen-bond donors (Lipinski definition) is 1. The highest BCUT2D eigenvalue weighted by atomic mass is 16.3. The molecule has 0 fully saturated rings. The topological polar surface area (TPSA) is 20.2 Å². The zero-order valence-corrected chi connectivity index (χ0v) is 13.7. The molecule has 0 unspecified atom stereocenters. The molecule has 0 radical (unpaired) electrons. The summed E-state index contributed by atoms with van der Waals surface area (Å²) in [6.07, 6.45) is 18.9. The van der Waals surface area contributed by atoms with Crippen LogP contribution in [0, 0.1) is 0 Å². The van der Waals surface area contributed by atoms with Crippen molar-refractivity contribution >= 4 is 0 Å². The molecular formula is C20H32O. The Balaban J connectivity index is 1.89. The van der Waals surface area contributed by atoms with Crippen LogP contribution in [0.15, 0.2) is 36.4 Å². The molecule has 0 saturated heterocycles. The van der Waals surface area contributed by atoms with Gasteiger partial charge in [0.15, 0.2) is 0 Å². The van der Waals surface area contributed by atoms with E-state index in [0.29, 0.717) is 5.75 Å². The molecular weight excluding hydrogens is 256 g/mol. The summed E-state index contributed by atoms with van der Waals surface area (Å²) in [4.78, 5) is 0. The molecule has 1 aromatic rings. The molecule has 1 nitrogen and oxygen atoms in total. The van der Waals surface area contributed by atoms with Crippen LogP contribution in [0.1, 0.15) is 76.7 Å². The first-order valence-electron chi connectivity index (χ1n) is 8.76. The average Bonchev–Trinajstić information content (AvgIpc) is 2.48. The van der Waals surface area contributed by atoms with Crippen LogP contribution in [-0.4, -0.2) is 5.11 Å². The van der Waals surface area contributed by atoms with Crippen LogP contribution in [-0.2, 0) is 6.42 Å². The van der Waals surface area contributed by atoms with Gasteiger partial charge in [0, 0.05) is 0 Å². The van der Waals surface area contributed by atoms with E-state index in [4.69, 9.17) is 0 Å². The van der Waals surface area contributed by atoms with E-state index >= 15 is 0 Å². The predicted octanol–water partition coefficient (Wildman–Crippen LogP) is 6.41. The smallest absolute Gasteiger partial charge is 0.115 e. The van der Waals surface area contributed by atoms with Gasteiger partial charge in [-0.3, -0.25) is 0 Å². The number of benzene rings is 1. The van der Waals surface area contributed by atoms with Crippen molar-refractivity contribution in [2.24, 2.45) is 0 Å². The van der Waals surface area contributed by atoms with Crippen LogP contribution < -0.4 is 0 Å². The van der Waals surface area contributed by atoms with Crippen LogP contribution in [0.25, 0.3) is 0 Å². The first kappa shape index (κ1) is 17.8. The Morgan fingerprint density at radius 3 is 2.19 bits per heavy atom. The molecule has 0 heterocycles. The quantitative estimate of drug-likeness (QED) is 0.348. The molecule has 0 atom stereocenters. The van der Waals surface area contributed by atoms with Gasteiger partial charge in [0.1, 0.15) is 5.75 Å². The van der Waals surface area contributed by atoms with E-state index < -0.39 is 0 Å². The first-order chi connectivity index (χ1) is 10.3. The lowest BCUT2D eigenvalue weighted by Gasteiger charge is -2.02. The van der Waals surface area contributed by atoms with Crippen LogP contribution in [0.4, 0.5) is 0 Å². The van der Waals surface area contributed by atoms with E-state index in [1.807, 2.05) is 12.1 Å². The Labute approximate surface area is 131 Å². The molecule has 0 amide bonds. The van der Waals surface area contributed by atoms with Crippen molar-refractivity contribution in [3.8, 4) is 5.75 Å². The normalized spacial score (nSPS) is 11.3. The zero-order valence-electron chi connectivity index (χ0n) is 13.7. The molecule has 1 rings (SSSR count). The van der Waals surface area contributed by atoms with E-state index in [2.05, 4.69) is 25.1 Å². The van der Waals surface area contributed by atoms with Crippen molar-refractivity contribution in [2.45, 2.75) is 77.6 Å². The largest absolute Gasteiger partial charge is 0.508 e. The fraction of sp³-hybridized carbons (Fsp3) is 0.600. The molecule has 0 aliphatic heterocycles. The van der Waals surface area contributed by atoms with Crippen molar-refractivity contribution in [3.05, 3.63) is 42.0 Å². The van der Waals surface area contributed by atoms with Gasteiger partial charge in [-0.15, -0.1) is 0 Å². The van der Waals surface area contributed by atoms with Gasteiger partial charge in [-0.05, 0) is 56.2 Å². The number of allylic oxidation sites excluding steroid dienone is 2. The average molecular weight is 288 g/mol. The first-order valence-corrected chi connectivity index (χ1v) is 8.76. The van der Waals surface area contributed by atoms with E-state index in [-0.39, 0.29) is 0 Å². The Morgan fingerprint density at radius 2 is 1.52 bits per heavy atom. The Hall–Kier alpha value is -1.24. The molecule has 0 bridgehead atoms. The Kier molecular flexibility index (Phi) is 10.6. The minimum Gasteiger partial charge on any atom is -0.508 e. The van der Waals surface area contributed by atoms with E-state index in [1.165, 1.54) is 69.8 Å². The van der Waals surface area contributed by atoms with Gasteiger partial charge in [0.25, 0.3) is 0 Å². The second-order valence-corrected chi connectivity index (χ2v) is 5.94. The van der Waals surface area contributed by atoms with Gasteiger partial charge < -0.3 is 5.11 Å². The molecule has 0 aromatic heterocycles. The fourth-order valence-electron chi connectivity index (χ4n) is 2.58. The minimum absolute atomic E-state index is 0.386. The van der Waals surface area contributed by atoms with Gasteiger partial charge in [-0.1, -0.05) is 63.3 Å². The molecule has 1 heteroatoms. The lowest BCUT2D eigenvalue weighted by Crippen LogP contribution is -1.85. The number of rotatable bonds is 12. The fourth-order valence-corrected chi connectivity index (χ4v) is 2.58. The maximum atomic E-state index is 9.40. The summed E-state index contributed by atoms with van der Waals surface area (Å²) in [5.74, 6) is 0.386. The lowest BCUT2D eigenvalue weighted by atomic mass is 10.0. The molecule has 1 N–H and O–H groups in total. The lowest BCUT2D eigenvalue weighted by molar-refractivity contribution is 0.474. The van der Waals surface area contributed by atoms with Gasteiger partial charge in [-0.25, -0.2) is 0 Å². The second-order valence-electron chi connectivity index (χ2n) is 5.94. The number of unbranched alkanes of at least 4 members (excludes halogenated alkanes) is 8. The van der Waals surface area contributed by atoms with Gasteiger partial charge >= 0.3 is 0 Å². The summed E-state index contributed by atoms with van der Waals surface area (Å²) >= 11 is 0. The highest BCUT2D eigenvalue weighted by Gasteiger charge is 1.95. The van der Waals surface area contributed by atoms with Crippen molar-refractivity contribution in [1.82, 2.24) is 0 Å². The van der Waals surface area contributed by atoms with Crippen molar-refractivity contribution in [2.75, 3.05) is 0 Å². The molecule has 0 aliphatic carbocycles. The zero-order chi connectivity index (χ0) is 15.2. The van der Waals surface area contributed by atoms with Crippen molar-refractivity contribution in [1.29, 1.82) is 0 Å². The van der Waals surface area contributed by atoms with E-state index in [9.17, 15) is 5.11 Å². The number of phenols is 1. The van der Waals surface area contributed by atoms with Gasteiger partial charge in [-0.2, -0.15) is 0 Å². The third-order valence-corrected chi connectivity index (χ3v) is 3.89. The highest BCUT2D eigenvalue weighted by molar-refractivity contribution is 5.27. The van der Waals surface area contributed by atoms with Gasteiger partial charge in [0.05, 0.1) is 0 Å². The van der Waals surface area contributed by atoms with Crippen LogP contribution in [0.3, 0.4) is 0 Å². The minimum atomic E-state index is 0.386. The standard InChI is InChI=1S/C20H32O/c1-2-3-4-5-6-7-8-9-10-11-12-13-15-19-16-14-17-20(21)18-19/h7-8,14,16-18,21H,2-6,9-13,15H2,1H3/b8-7+. The molecule has 0 spiro atoms. The summed E-state index contributed by atoms with van der Waals surface area (Å²) < 4.78 is 0. The predicted molar refractivity (Wildman–Crippen MR) is 92.8 cm³/mol. The Bertz CT molecular complexity index is 381. The second kappa shape index (κ2) is 12.5. The summed E-state index contributed by atoms with van der Waals surface area (Å²) in [6, 6.07) is 7.64. The number of aromatic hydroxyl groups is 1. The summed E-state index contributed by atoms with van der Waals surface area (Å²) in [6.45, 7) is 2.26. The molecule has 118 valence electrons. The number of phenolic OH excluding ortho intramolecular Hbond substituents is 1. The third-order valence-electron chi connectivity index (χ3n) is 3.89. The monoisotopic (exact) mass is 288 g/mol. The van der Waals surface area contributed by atoms with Crippen LogP contribution >= 0.6 is 0 Å². The SMILES string of the molecule is CCCCCC/C=C/CCCCCCc1cccc(O)c1. The molecule has 21 heavy (non-hydrogen) atoms. The summed E-state index contributed by atoms with van der Waals surface area (Å²) in [5, 5.41) is 9.40. The molecule has 1 aromatic carbocycles. The molecule has 0 saturated carbocycles. The van der Waals surface area contributed by atoms with E-state index in [1.54, 1.807) is 6.07 Å². The van der Waals surface area contributed by atoms with Gasteiger partial charge in [0.2, 0.25) is 0 Å². The van der Waals surface area contributed by atoms with Crippen LogP contribution in [0.2, 0.25) is 0 Å². The maximum absolute atomic E-state index is 9.40. The summed E-state index contributed by atoms with van der Waals surface area (Å²) in [7, 11) is 0. The third kappa shape index (κ3) is 10.2. The summed E-state index contributed by atoms with van der Waals surface area (Å²) in [5.41, 5.74) is 1.25. The Morgan fingerprint density at radius 1 is 0.857 bits per heavy atom. The van der Waals surface area contributed by atoms with Crippen molar-refractivity contribution < 1.29 is 5.11 Å². The van der Waals surface area contributed by atoms with E-state index in [0.717, 1.165) is 6.42 Å². The highest BCUT2D eigenvalue weighted by Crippen LogP contribution is 2.14. The maximum Gasteiger partial charge on any atom is 0.115 e. The number of aryl methyl sites for hydroxylation is 1. The van der Waals surface area contributed by atoms with Crippen LogP contribution in [0.5, 0.6) is 5.75 Å². The molecule has 0 aliphatic rings. The van der Waals surface area contributed by atoms with Crippen molar-refractivity contribution in [3.63, 3.8) is 0 Å².